The SMILES string of the molecule is COc1cccc(C2OCC(C)(C)NC2C)c1. The molecule has 0 bridgehead atoms. The molecule has 94 valence electrons. The van der Waals surface area contributed by atoms with Crippen LogP contribution < -0.4 is 10.1 Å². The van der Waals surface area contributed by atoms with Crippen LogP contribution in [0.3, 0.4) is 0 Å². The number of hydrogen-bond acceptors (Lipinski definition) is 3. The van der Waals surface area contributed by atoms with Crippen LogP contribution in [0.4, 0.5) is 0 Å². The first-order chi connectivity index (χ1) is 8.02. The maximum absolute atomic E-state index is 5.97. The molecule has 1 aromatic rings. The Morgan fingerprint density at radius 1 is 1.41 bits per heavy atom. The molecule has 3 nitrogen and oxygen atoms in total. The van der Waals surface area contributed by atoms with Gasteiger partial charge < -0.3 is 14.8 Å². The lowest BCUT2D eigenvalue weighted by Crippen LogP contribution is -2.55. The Morgan fingerprint density at radius 2 is 2.18 bits per heavy atom. The lowest BCUT2D eigenvalue weighted by atomic mass is 9.96. The van der Waals surface area contributed by atoms with Gasteiger partial charge in [0.15, 0.2) is 0 Å². The zero-order valence-electron chi connectivity index (χ0n) is 11.0. The summed E-state index contributed by atoms with van der Waals surface area (Å²) in [6, 6.07) is 8.38. The molecule has 2 unspecified atom stereocenters. The summed E-state index contributed by atoms with van der Waals surface area (Å²) >= 11 is 0. The molecule has 0 aromatic heterocycles. The Bertz CT molecular complexity index is 390. The Balaban J connectivity index is 2.17. The summed E-state index contributed by atoms with van der Waals surface area (Å²) in [6.07, 6.45) is 0.0955. The van der Waals surface area contributed by atoms with Gasteiger partial charge in [-0.05, 0) is 38.5 Å². The summed E-state index contributed by atoms with van der Waals surface area (Å²) in [6.45, 7) is 7.20. The molecular weight excluding hydrogens is 214 g/mol. The summed E-state index contributed by atoms with van der Waals surface area (Å²) in [5.41, 5.74) is 1.22. The third kappa shape index (κ3) is 2.79. The highest BCUT2D eigenvalue weighted by Gasteiger charge is 2.33. The molecular formula is C14H21NO2. The van der Waals surface area contributed by atoms with Gasteiger partial charge in [-0.2, -0.15) is 0 Å². The van der Waals surface area contributed by atoms with Gasteiger partial charge in [0.25, 0.3) is 0 Å². The molecule has 0 aliphatic carbocycles. The van der Waals surface area contributed by atoms with Crippen LogP contribution in [0, 0.1) is 0 Å². The molecule has 1 aliphatic heterocycles. The smallest absolute Gasteiger partial charge is 0.119 e. The van der Waals surface area contributed by atoms with Gasteiger partial charge in [0.2, 0.25) is 0 Å². The van der Waals surface area contributed by atoms with E-state index in [0.717, 1.165) is 12.4 Å². The lowest BCUT2D eigenvalue weighted by molar-refractivity contribution is -0.0496. The van der Waals surface area contributed by atoms with Crippen molar-refractivity contribution in [2.45, 2.75) is 38.5 Å². The molecule has 0 saturated carbocycles. The fraction of sp³-hybridized carbons (Fsp3) is 0.571. The summed E-state index contributed by atoms with van der Waals surface area (Å²) in [7, 11) is 1.69. The first-order valence-corrected chi connectivity index (χ1v) is 6.05. The Labute approximate surface area is 103 Å². The maximum atomic E-state index is 5.97. The van der Waals surface area contributed by atoms with Crippen LogP contribution in [-0.4, -0.2) is 25.3 Å². The molecule has 2 rings (SSSR count). The lowest BCUT2D eigenvalue weighted by Gasteiger charge is -2.41. The molecule has 17 heavy (non-hydrogen) atoms. The van der Waals surface area contributed by atoms with E-state index in [-0.39, 0.29) is 11.6 Å². The Kier molecular flexibility index (Phi) is 3.40. The topological polar surface area (TPSA) is 30.5 Å². The summed E-state index contributed by atoms with van der Waals surface area (Å²) in [4.78, 5) is 0. The van der Waals surface area contributed by atoms with E-state index < -0.39 is 0 Å². The van der Waals surface area contributed by atoms with Crippen LogP contribution in [0.25, 0.3) is 0 Å². The second-order valence-electron chi connectivity index (χ2n) is 5.33. The average molecular weight is 235 g/mol. The molecule has 1 saturated heterocycles. The fourth-order valence-electron chi connectivity index (χ4n) is 2.38. The number of ether oxygens (including phenoxy) is 2. The van der Waals surface area contributed by atoms with E-state index in [9.17, 15) is 0 Å². The zero-order valence-corrected chi connectivity index (χ0v) is 11.0. The van der Waals surface area contributed by atoms with Crippen LogP contribution in [0.5, 0.6) is 5.75 Å². The predicted molar refractivity (Wildman–Crippen MR) is 68.4 cm³/mol. The maximum Gasteiger partial charge on any atom is 0.119 e. The van der Waals surface area contributed by atoms with Crippen molar-refractivity contribution in [3.05, 3.63) is 29.8 Å². The molecule has 1 heterocycles. The largest absolute Gasteiger partial charge is 0.497 e. The van der Waals surface area contributed by atoms with E-state index in [1.54, 1.807) is 7.11 Å². The minimum atomic E-state index is 0.0504. The van der Waals surface area contributed by atoms with Gasteiger partial charge in [-0.25, -0.2) is 0 Å². The van der Waals surface area contributed by atoms with Crippen molar-refractivity contribution in [3.63, 3.8) is 0 Å². The number of rotatable bonds is 2. The first kappa shape index (κ1) is 12.4. The molecule has 1 fully saturated rings. The second kappa shape index (κ2) is 4.67. The van der Waals surface area contributed by atoms with Gasteiger partial charge >= 0.3 is 0 Å². The minimum absolute atomic E-state index is 0.0504. The van der Waals surface area contributed by atoms with E-state index in [1.165, 1.54) is 5.56 Å². The Morgan fingerprint density at radius 3 is 2.82 bits per heavy atom. The van der Waals surface area contributed by atoms with Crippen molar-refractivity contribution in [1.29, 1.82) is 0 Å². The summed E-state index contributed by atoms with van der Waals surface area (Å²) < 4.78 is 11.2. The van der Waals surface area contributed by atoms with Crippen LogP contribution in [0.1, 0.15) is 32.4 Å². The number of methoxy groups -OCH3 is 1. The number of morpholine rings is 1. The van der Waals surface area contributed by atoms with Gasteiger partial charge in [0.1, 0.15) is 5.75 Å². The van der Waals surface area contributed by atoms with Crippen LogP contribution in [0.2, 0.25) is 0 Å². The zero-order chi connectivity index (χ0) is 12.5. The normalized spacial score (nSPS) is 27.8. The molecule has 1 aliphatic rings. The molecule has 2 atom stereocenters. The third-order valence-electron chi connectivity index (χ3n) is 3.12. The second-order valence-corrected chi connectivity index (χ2v) is 5.33. The molecule has 1 aromatic carbocycles. The summed E-state index contributed by atoms with van der Waals surface area (Å²) in [5.74, 6) is 0.878. The van der Waals surface area contributed by atoms with E-state index in [1.807, 2.05) is 18.2 Å². The van der Waals surface area contributed by atoms with Crippen molar-refractivity contribution in [2.24, 2.45) is 0 Å². The summed E-state index contributed by atoms with van der Waals surface area (Å²) in [5, 5.41) is 3.58. The predicted octanol–water partition coefficient (Wildman–Crippen LogP) is 2.52. The van der Waals surface area contributed by atoms with Gasteiger partial charge in [0, 0.05) is 11.6 Å². The van der Waals surface area contributed by atoms with Crippen molar-refractivity contribution >= 4 is 0 Å². The van der Waals surface area contributed by atoms with E-state index >= 15 is 0 Å². The standard InChI is InChI=1S/C14H21NO2/c1-10-13(17-9-14(2,3)15-10)11-6-5-7-12(8-11)16-4/h5-8,10,13,15H,9H2,1-4H3. The van der Waals surface area contributed by atoms with Gasteiger partial charge in [0.05, 0.1) is 19.8 Å². The number of nitrogens with one attached hydrogen (secondary N) is 1. The highest BCUT2D eigenvalue weighted by molar-refractivity contribution is 5.31. The van der Waals surface area contributed by atoms with Crippen LogP contribution >= 0.6 is 0 Å². The highest BCUT2D eigenvalue weighted by Crippen LogP contribution is 2.30. The van der Waals surface area contributed by atoms with E-state index in [2.05, 4.69) is 32.2 Å². The number of benzene rings is 1. The van der Waals surface area contributed by atoms with Crippen molar-refractivity contribution in [1.82, 2.24) is 5.32 Å². The van der Waals surface area contributed by atoms with Crippen LogP contribution in [0.15, 0.2) is 24.3 Å². The minimum Gasteiger partial charge on any atom is -0.497 e. The molecule has 3 heteroatoms. The highest BCUT2D eigenvalue weighted by atomic mass is 16.5. The molecule has 1 N–H and O–H groups in total. The third-order valence-corrected chi connectivity index (χ3v) is 3.12. The van der Waals surface area contributed by atoms with Crippen LogP contribution in [-0.2, 0) is 4.74 Å². The quantitative estimate of drug-likeness (QED) is 0.854. The fourth-order valence-corrected chi connectivity index (χ4v) is 2.38. The Hall–Kier alpha value is -1.06. The number of hydrogen-bond donors (Lipinski definition) is 1. The average Bonchev–Trinajstić information content (AvgIpc) is 2.28. The molecule has 0 amide bonds. The molecule has 0 spiro atoms. The van der Waals surface area contributed by atoms with E-state index in [0.29, 0.717) is 6.04 Å². The van der Waals surface area contributed by atoms with Crippen molar-refractivity contribution < 1.29 is 9.47 Å². The van der Waals surface area contributed by atoms with Gasteiger partial charge in [-0.15, -0.1) is 0 Å². The van der Waals surface area contributed by atoms with Crippen molar-refractivity contribution in [3.8, 4) is 5.75 Å². The first-order valence-electron chi connectivity index (χ1n) is 6.05. The van der Waals surface area contributed by atoms with E-state index in [4.69, 9.17) is 9.47 Å². The van der Waals surface area contributed by atoms with Crippen molar-refractivity contribution in [2.75, 3.05) is 13.7 Å². The van der Waals surface area contributed by atoms with Gasteiger partial charge in [-0.3, -0.25) is 0 Å². The molecule has 0 radical (unpaired) electrons. The van der Waals surface area contributed by atoms with Gasteiger partial charge in [-0.1, -0.05) is 12.1 Å². The monoisotopic (exact) mass is 235 g/mol.